The highest BCUT2D eigenvalue weighted by Crippen LogP contribution is 2.23. The Hall–Kier alpha value is -2.27. The van der Waals surface area contributed by atoms with E-state index in [-0.39, 0.29) is 5.78 Å². The quantitative estimate of drug-likeness (QED) is 0.493. The fourth-order valence-electron chi connectivity index (χ4n) is 1.82. The van der Waals surface area contributed by atoms with Crippen molar-refractivity contribution < 1.29 is 4.79 Å². The summed E-state index contributed by atoms with van der Waals surface area (Å²) in [7, 11) is 0. The van der Waals surface area contributed by atoms with E-state index in [1.807, 2.05) is 36.4 Å². The number of anilines is 1. The summed E-state index contributed by atoms with van der Waals surface area (Å²) >= 11 is 0. The number of fused-ring (bicyclic) bond motifs is 1. The maximum absolute atomic E-state index is 11.9. The largest absolute Gasteiger partial charge is 0.398 e. The third kappa shape index (κ3) is 2.29. The van der Waals surface area contributed by atoms with Gasteiger partial charge in [-0.1, -0.05) is 24.3 Å². The number of Topliss-reactive ketones (excluding diaryl/α,β-unsaturated/α-hetero) is 1. The molecule has 2 heteroatoms. The highest BCUT2D eigenvalue weighted by atomic mass is 16.1. The molecule has 2 N–H and O–H groups in total. The van der Waals surface area contributed by atoms with Gasteiger partial charge in [0, 0.05) is 24.1 Å². The van der Waals surface area contributed by atoms with Crippen molar-refractivity contribution in [3.8, 4) is 12.3 Å². The van der Waals surface area contributed by atoms with Crippen LogP contribution in [0.1, 0.15) is 23.2 Å². The molecule has 0 heterocycles. The summed E-state index contributed by atoms with van der Waals surface area (Å²) in [5, 5.41) is 2.06. The molecular formula is C15H13NO. The second-order valence-corrected chi connectivity index (χ2v) is 3.91. The zero-order chi connectivity index (χ0) is 12.3. The fourth-order valence-corrected chi connectivity index (χ4v) is 1.82. The monoisotopic (exact) mass is 223 g/mol. The topological polar surface area (TPSA) is 43.1 Å². The van der Waals surface area contributed by atoms with Gasteiger partial charge in [0.15, 0.2) is 5.78 Å². The number of hydrogen-bond acceptors (Lipinski definition) is 2. The number of carbonyl (C=O) groups is 1. The summed E-state index contributed by atoms with van der Waals surface area (Å²) in [6.45, 7) is 0. The van der Waals surface area contributed by atoms with Crippen LogP contribution in [0, 0.1) is 12.3 Å². The molecule has 0 bridgehead atoms. The van der Waals surface area contributed by atoms with Gasteiger partial charge < -0.3 is 5.73 Å². The molecule has 2 rings (SSSR count). The smallest absolute Gasteiger partial charge is 0.165 e. The number of nitrogens with two attached hydrogens (primary N) is 1. The summed E-state index contributed by atoms with van der Waals surface area (Å²) in [5.74, 6) is 2.47. The van der Waals surface area contributed by atoms with Gasteiger partial charge in [0.2, 0.25) is 0 Å². The van der Waals surface area contributed by atoms with E-state index < -0.39 is 0 Å². The van der Waals surface area contributed by atoms with Gasteiger partial charge in [-0.3, -0.25) is 4.79 Å². The molecule has 2 aromatic carbocycles. The van der Waals surface area contributed by atoms with Gasteiger partial charge >= 0.3 is 0 Å². The standard InChI is InChI=1S/C15H13NO/c1-2-3-8-15(17)13-9-11-6-4-5-7-12(11)10-14(13)16/h1,4-7,9-10H,3,8,16H2. The van der Waals surface area contributed by atoms with E-state index in [0.29, 0.717) is 24.1 Å². The third-order valence-electron chi connectivity index (χ3n) is 2.71. The molecule has 2 nitrogen and oxygen atoms in total. The van der Waals surface area contributed by atoms with Gasteiger partial charge in [0.25, 0.3) is 0 Å². The number of rotatable bonds is 3. The normalized spacial score (nSPS) is 10.1. The lowest BCUT2D eigenvalue weighted by molar-refractivity contribution is 0.0985. The Balaban J connectivity index is 2.44. The van der Waals surface area contributed by atoms with Crippen molar-refractivity contribution in [1.82, 2.24) is 0 Å². The van der Waals surface area contributed by atoms with Crippen LogP contribution in [0.2, 0.25) is 0 Å². The van der Waals surface area contributed by atoms with E-state index in [9.17, 15) is 4.79 Å². The Morgan fingerprint density at radius 3 is 2.53 bits per heavy atom. The lowest BCUT2D eigenvalue weighted by Crippen LogP contribution is -2.03. The first-order valence-electron chi connectivity index (χ1n) is 5.47. The molecule has 0 fully saturated rings. The van der Waals surface area contributed by atoms with Crippen LogP contribution in [-0.4, -0.2) is 5.78 Å². The second-order valence-electron chi connectivity index (χ2n) is 3.91. The highest BCUT2D eigenvalue weighted by molar-refractivity contribution is 6.05. The molecule has 0 amide bonds. The first-order chi connectivity index (χ1) is 8.22. The molecule has 0 aliphatic carbocycles. The van der Waals surface area contributed by atoms with Crippen molar-refractivity contribution in [2.75, 3.05) is 5.73 Å². The highest BCUT2D eigenvalue weighted by Gasteiger charge is 2.10. The number of terminal acetylenes is 1. The maximum Gasteiger partial charge on any atom is 0.165 e. The molecular weight excluding hydrogens is 210 g/mol. The SMILES string of the molecule is C#CCCC(=O)c1cc2ccccc2cc1N. The number of hydrogen-bond donors (Lipinski definition) is 1. The van der Waals surface area contributed by atoms with Crippen LogP contribution < -0.4 is 5.73 Å². The Morgan fingerprint density at radius 1 is 1.24 bits per heavy atom. The molecule has 0 atom stereocenters. The maximum atomic E-state index is 11.9. The molecule has 84 valence electrons. The van der Waals surface area contributed by atoms with Crippen LogP contribution >= 0.6 is 0 Å². The van der Waals surface area contributed by atoms with Crippen LogP contribution in [0.25, 0.3) is 10.8 Å². The van der Waals surface area contributed by atoms with Crippen LogP contribution in [-0.2, 0) is 0 Å². The van der Waals surface area contributed by atoms with Crippen molar-refractivity contribution in [1.29, 1.82) is 0 Å². The second kappa shape index (κ2) is 4.71. The molecule has 0 saturated heterocycles. The predicted octanol–water partition coefficient (Wildman–Crippen LogP) is 3.02. The summed E-state index contributed by atoms with van der Waals surface area (Å²) in [4.78, 5) is 11.9. The first kappa shape index (κ1) is 11.2. The van der Waals surface area contributed by atoms with Crippen molar-refractivity contribution in [3.05, 3.63) is 42.0 Å². The van der Waals surface area contributed by atoms with Gasteiger partial charge in [-0.25, -0.2) is 0 Å². The Labute approximate surface area is 100 Å². The zero-order valence-electron chi connectivity index (χ0n) is 9.44. The number of benzene rings is 2. The molecule has 2 aromatic rings. The minimum atomic E-state index is 0.00574. The fraction of sp³-hybridized carbons (Fsp3) is 0.133. The van der Waals surface area contributed by atoms with Crippen molar-refractivity contribution in [3.63, 3.8) is 0 Å². The van der Waals surface area contributed by atoms with E-state index in [2.05, 4.69) is 5.92 Å². The Bertz CT molecular complexity index is 608. The Kier molecular flexibility index (Phi) is 3.11. The van der Waals surface area contributed by atoms with E-state index in [4.69, 9.17) is 12.2 Å². The summed E-state index contributed by atoms with van der Waals surface area (Å²) in [6, 6.07) is 11.5. The van der Waals surface area contributed by atoms with E-state index in [1.165, 1.54) is 0 Å². The van der Waals surface area contributed by atoms with Gasteiger partial charge in [-0.2, -0.15) is 0 Å². The third-order valence-corrected chi connectivity index (χ3v) is 2.71. The predicted molar refractivity (Wildman–Crippen MR) is 70.8 cm³/mol. The van der Waals surface area contributed by atoms with Crippen molar-refractivity contribution in [2.45, 2.75) is 12.8 Å². The molecule has 17 heavy (non-hydrogen) atoms. The van der Waals surface area contributed by atoms with Gasteiger partial charge in [0.05, 0.1) is 0 Å². The van der Waals surface area contributed by atoms with Gasteiger partial charge in [0.1, 0.15) is 0 Å². The number of carbonyl (C=O) groups excluding carboxylic acids is 1. The molecule has 0 spiro atoms. The van der Waals surface area contributed by atoms with E-state index in [1.54, 1.807) is 0 Å². The summed E-state index contributed by atoms with van der Waals surface area (Å²) in [6.07, 6.45) is 5.95. The molecule has 0 aliphatic rings. The van der Waals surface area contributed by atoms with Crippen molar-refractivity contribution >= 4 is 22.2 Å². The van der Waals surface area contributed by atoms with Crippen LogP contribution in [0.3, 0.4) is 0 Å². The summed E-state index contributed by atoms with van der Waals surface area (Å²) in [5.41, 5.74) is 6.97. The molecule has 0 saturated carbocycles. The zero-order valence-corrected chi connectivity index (χ0v) is 9.44. The lowest BCUT2D eigenvalue weighted by Gasteiger charge is -2.06. The molecule has 0 aromatic heterocycles. The molecule has 0 unspecified atom stereocenters. The number of nitrogen functional groups attached to an aromatic ring is 1. The summed E-state index contributed by atoms with van der Waals surface area (Å²) < 4.78 is 0. The van der Waals surface area contributed by atoms with Gasteiger partial charge in [-0.05, 0) is 22.9 Å². The van der Waals surface area contributed by atoms with E-state index in [0.717, 1.165) is 10.8 Å². The molecule has 0 aliphatic heterocycles. The van der Waals surface area contributed by atoms with Crippen LogP contribution in [0.4, 0.5) is 5.69 Å². The average molecular weight is 223 g/mol. The average Bonchev–Trinajstić information content (AvgIpc) is 2.35. The lowest BCUT2D eigenvalue weighted by atomic mass is 10.00. The Morgan fingerprint density at radius 2 is 1.88 bits per heavy atom. The minimum Gasteiger partial charge on any atom is -0.398 e. The molecule has 0 radical (unpaired) electrons. The van der Waals surface area contributed by atoms with Crippen LogP contribution in [0.5, 0.6) is 0 Å². The van der Waals surface area contributed by atoms with Crippen LogP contribution in [0.15, 0.2) is 36.4 Å². The first-order valence-corrected chi connectivity index (χ1v) is 5.47. The van der Waals surface area contributed by atoms with Gasteiger partial charge in [-0.15, -0.1) is 12.3 Å². The minimum absolute atomic E-state index is 0.00574. The van der Waals surface area contributed by atoms with Crippen molar-refractivity contribution in [2.24, 2.45) is 0 Å². The van der Waals surface area contributed by atoms with E-state index >= 15 is 0 Å². The number of ketones is 1.